The molecular formula is C14H14N4OS. The minimum Gasteiger partial charge on any atom is -0.313 e. The highest BCUT2D eigenvalue weighted by atomic mass is 32.1. The molecule has 0 N–H and O–H groups in total. The molecule has 3 rings (SSSR count). The van der Waals surface area contributed by atoms with Gasteiger partial charge in [0.25, 0.3) is 0 Å². The molecule has 5 nitrogen and oxygen atoms in total. The van der Waals surface area contributed by atoms with Crippen molar-refractivity contribution in [2.24, 2.45) is 0 Å². The molecular weight excluding hydrogens is 272 g/mol. The monoisotopic (exact) mass is 286 g/mol. The number of thiophene rings is 1. The maximum atomic E-state index is 12.4. The van der Waals surface area contributed by atoms with Crippen LogP contribution in [0.25, 0.3) is 0 Å². The van der Waals surface area contributed by atoms with Crippen LogP contribution in [0.1, 0.15) is 47.2 Å². The Hall–Kier alpha value is -2.00. The van der Waals surface area contributed by atoms with Crippen LogP contribution in [0.2, 0.25) is 0 Å². The van der Waals surface area contributed by atoms with E-state index in [4.69, 9.17) is 0 Å². The molecule has 0 spiro atoms. The Bertz CT molecular complexity index is 653. The number of hydrogen-bond donors (Lipinski definition) is 0. The Morgan fingerprint density at radius 3 is 3.05 bits per heavy atom. The van der Waals surface area contributed by atoms with Crippen LogP contribution in [0, 0.1) is 11.3 Å². The van der Waals surface area contributed by atoms with Crippen molar-refractivity contribution >= 4 is 17.1 Å². The minimum absolute atomic E-state index is 0.187. The SMILES string of the molecule is N#C[C@@H](C(=O)c1ccsc1)c1nnc2n1CCCCC2. The normalized spacial score (nSPS) is 15.9. The zero-order valence-electron chi connectivity index (χ0n) is 11.0. The fraction of sp³-hybridized carbons (Fsp3) is 0.429. The Balaban J connectivity index is 1.96. The number of carbonyl (C=O) groups excluding carboxylic acids is 1. The first-order valence-corrected chi connectivity index (χ1v) is 7.63. The summed E-state index contributed by atoms with van der Waals surface area (Å²) in [6.07, 6.45) is 4.16. The predicted molar refractivity (Wildman–Crippen MR) is 74.6 cm³/mol. The fourth-order valence-corrected chi connectivity index (χ4v) is 3.17. The van der Waals surface area contributed by atoms with Crippen LogP contribution < -0.4 is 0 Å². The number of carbonyl (C=O) groups is 1. The topological polar surface area (TPSA) is 71.6 Å². The number of nitrogens with zero attached hydrogens (tertiary/aromatic N) is 4. The second-order valence-corrected chi connectivity index (χ2v) is 5.66. The molecule has 0 unspecified atom stereocenters. The van der Waals surface area contributed by atoms with E-state index in [2.05, 4.69) is 16.3 Å². The van der Waals surface area contributed by atoms with Crippen molar-refractivity contribution in [2.45, 2.75) is 38.1 Å². The van der Waals surface area contributed by atoms with Crippen LogP contribution in [0.5, 0.6) is 0 Å². The van der Waals surface area contributed by atoms with Gasteiger partial charge in [0.2, 0.25) is 0 Å². The Kier molecular flexibility index (Phi) is 3.61. The average molecular weight is 286 g/mol. The van der Waals surface area contributed by atoms with Gasteiger partial charge in [-0.1, -0.05) is 6.42 Å². The third-order valence-corrected chi connectivity index (χ3v) is 4.28. The molecule has 1 aliphatic rings. The van der Waals surface area contributed by atoms with Crippen molar-refractivity contribution in [3.05, 3.63) is 34.0 Å². The van der Waals surface area contributed by atoms with Gasteiger partial charge < -0.3 is 4.57 Å². The molecule has 0 fully saturated rings. The number of aryl methyl sites for hydroxylation is 1. The zero-order valence-corrected chi connectivity index (χ0v) is 11.8. The highest BCUT2D eigenvalue weighted by Gasteiger charge is 2.29. The van der Waals surface area contributed by atoms with Crippen molar-refractivity contribution in [3.8, 4) is 6.07 Å². The van der Waals surface area contributed by atoms with Crippen molar-refractivity contribution in [2.75, 3.05) is 0 Å². The lowest BCUT2D eigenvalue weighted by Gasteiger charge is -2.10. The van der Waals surface area contributed by atoms with Gasteiger partial charge >= 0.3 is 0 Å². The van der Waals surface area contributed by atoms with Gasteiger partial charge in [-0.15, -0.1) is 10.2 Å². The third-order valence-electron chi connectivity index (χ3n) is 3.59. The maximum Gasteiger partial charge on any atom is 0.188 e. The number of nitriles is 1. The van der Waals surface area contributed by atoms with Crippen LogP contribution >= 0.6 is 11.3 Å². The lowest BCUT2D eigenvalue weighted by Crippen LogP contribution is -2.17. The Morgan fingerprint density at radius 2 is 2.30 bits per heavy atom. The zero-order chi connectivity index (χ0) is 13.9. The molecule has 1 atom stereocenters. The quantitative estimate of drug-likeness (QED) is 0.813. The van der Waals surface area contributed by atoms with E-state index in [1.165, 1.54) is 11.3 Å². The molecule has 0 radical (unpaired) electrons. The van der Waals surface area contributed by atoms with E-state index in [1.807, 2.05) is 9.95 Å². The lowest BCUT2D eigenvalue weighted by molar-refractivity contribution is 0.0975. The van der Waals surface area contributed by atoms with E-state index >= 15 is 0 Å². The molecule has 3 heterocycles. The van der Waals surface area contributed by atoms with E-state index < -0.39 is 5.92 Å². The summed E-state index contributed by atoms with van der Waals surface area (Å²) in [6, 6.07) is 3.84. The summed E-state index contributed by atoms with van der Waals surface area (Å²) >= 11 is 1.45. The molecule has 0 saturated heterocycles. The van der Waals surface area contributed by atoms with Crippen LogP contribution in [0.4, 0.5) is 0 Å². The third kappa shape index (κ3) is 2.25. The predicted octanol–water partition coefficient (Wildman–Crippen LogP) is 2.56. The lowest BCUT2D eigenvalue weighted by atomic mass is 10.0. The number of Topliss-reactive ketones (excluding diaryl/α,β-unsaturated/α-hetero) is 1. The molecule has 102 valence electrons. The van der Waals surface area contributed by atoms with Gasteiger partial charge in [0, 0.05) is 23.9 Å². The largest absolute Gasteiger partial charge is 0.313 e. The molecule has 1 aliphatic heterocycles. The van der Waals surface area contributed by atoms with Gasteiger partial charge in [0.05, 0.1) is 6.07 Å². The summed E-state index contributed by atoms with van der Waals surface area (Å²) in [5, 5.41) is 21.3. The number of hydrogen-bond acceptors (Lipinski definition) is 5. The van der Waals surface area contributed by atoms with Crippen molar-refractivity contribution < 1.29 is 4.79 Å². The Morgan fingerprint density at radius 1 is 1.40 bits per heavy atom. The smallest absolute Gasteiger partial charge is 0.188 e. The summed E-state index contributed by atoms with van der Waals surface area (Å²) < 4.78 is 1.96. The van der Waals surface area contributed by atoms with E-state index in [-0.39, 0.29) is 5.78 Å². The fourth-order valence-electron chi connectivity index (χ4n) is 2.53. The van der Waals surface area contributed by atoms with E-state index in [0.29, 0.717) is 11.4 Å². The van der Waals surface area contributed by atoms with E-state index in [9.17, 15) is 10.1 Å². The van der Waals surface area contributed by atoms with Crippen molar-refractivity contribution in [1.82, 2.24) is 14.8 Å². The van der Waals surface area contributed by atoms with Gasteiger partial charge in [-0.3, -0.25) is 4.79 Å². The molecule has 0 saturated carbocycles. The maximum absolute atomic E-state index is 12.4. The summed E-state index contributed by atoms with van der Waals surface area (Å²) in [7, 11) is 0. The molecule has 2 aromatic heterocycles. The Labute approximate surface area is 120 Å². The van der Waals surface area contributed by atoms with Crippen LogP contribution in [-0.4, -0.2) is 20.5 Å². The van der Waals surface area contributed by atoms with Crippen LogP contribution in [0.3, 0.4) is 0 Å². The number of fused-ring (bicyclic) bond motifs is 1. The molecule has 6 heteroatoms. The first-order chi connectivity index (χ1) is 9.81. The van der Waals surface area contributed by atoms with Gasteiger partial charge in [-0.05, 0) is 24.3 Å². The van der Waals surface area contributed by atoms with Gasteiger partial charge in [0.1, 0.15) is 5.82 Å². The molecule has 0 aliphatic carbocycles. The highest BCUT2D eigenvalue weighted by molar-refractivity contribution is 7.08. The van der Waals surface area contributed by atoms with Crippen LogP contribution in [0.15, 0.2) is 16.8 Å². The molecule has 20 heavy (non-hydrogen) atoms. The number of aromatic nitrogens is 3. The summed E-state index contributed by atoms with van der Waals surface area (Å²) in [5.74, 6) is 0.355. The first kappa shape index (κ1) is 13.0. The molecule has 0 amide bonds. The van der Waals surface area contributed by atoms with Crippen LogP contribution in [-0.2, 0) is 13.0 Å². The van der Waals surface area contributed by atoms with Gasteiger partial charge in [-0.25, -0.2) is 0 Å². The molecule has 0 aromatic carbocycles. The second-order valence-electron chi connectivity index (χ2n) is 4.88. The minimum atomic E-state index is -0.857. The standard InChI is InChI=1S/C14H14N4OS/c15-8-11(13(19)10-5-7-20-9-10)14-17-16-12-4-2-1-3-6-18(12)14/h5,7,9,11H,1-4,6H2/t11-/m0/s1. The molecule has 0 bridgehead atoms. The molecule has 2 aromatic rings. The van der Waals surface area contributed by atoms with E-state index in [0.717, 1.165) is 38.1 Å². The van der Waals surface area contributed by atoms with Gasteiger partial charge in [0.15, 0.2) is 17.5 Å². The average Bonchev–Trinajstić information content (AvgIpc) is 3.06. The highest BCUT2D eigenvalue weighted by Crippen LogP contribution is 2.23. The summed E-state index contributed by atoms with van der Waals surface area (Å²) in [6.45, 7) is 0.798. The number of rotatable bonds is 3. The van der Waals surface area contributed by atoms with Crippen molar-refractivity contribution in [1.29, 1.82) is 5.26 Å². The van der Waals surface area contributed by atoms with Gasteiger partial charge in [-0.2, -0.15) is 16.6 Å². The van der Waals surface area contributed by atoms with E-state index in [1.54, 1.807) is 11.4 Å². The van der Waals surface area contributed by atoms with Crippen molar-refractivity contribution in [3.63, 3.8) is 0 Å². The first-order valence-electron chi connectivity index (χ1n) is 6.69. The summed E-state index contributed by atoms with van der Waals surface area (Å²) in [5.41, 5.74) is 0.576. The second kappa shape index (κ2) is 5.55. The summed E-state index contributed by atoms with van der Waals surface area (Å²) in [4.78, 5) is 12.4. The number of ketones is 1.